The minimum absolute atomic E-state index is 0.201. The van der Waals surface area contributed by atoms with Crippen molar-refractivity contribution < 1.29 is 0 Å². The quantitative estimate of drug-likeness (QED) is 0.612. The van der Waals surface area contributed by atoms with E-state index in [-0.39, 0.29) is 11.6 Å². The molecule has 0 unspecified atom stereocenters. The molecule has 4 rings (SSSR count). The first-order valence-electron chi connectivity index (χ1n) is 10.5. The zero-order chi connectivity index (χ0) is 21.1. The van der Waals surface area contributed by atoms with Gasteiger partial charge >= 0.3 is 0 Å². The molecule has 30 heavy (non-hydrogen) atoms. The monoisotopic (exact) mass is 428 g/mol. The third kappa shape index (κ3) is 4.54. The first-order chi connectivity index (χ1) is 14.5. The van der Waals surface area contributed by atoms with Gasteiger partial charge in [-0.2, -0.15) is 11.8 Å². The van der Waals surface area contributed by atoms with Crippen molar-refractivity contribution in [2.75, 3.05) is 18.8 Å². The second kappa shape index (κ2) is 9.22. The molecule has 0 bridgehead atoms. The highest BCUT2D eigenvalue weighted by Gasteiger charge is 2.24. The van der Waals surface area contributed by atoms with Gasteiger partial charge in [0.2, 0.25) is 0 Å². The van der Waals surface area contributed by atoms with E-state index in [4.69, 9.17) is 0 Å². The molecule has 3 aromatic rings. The number of aromatic amines is 1. The maximum Gasteiger partial charge on any atom is 0.281 e. The summed E-state index contributed by atoms with van der Waals surface area (Å²) in [5.41, 5.74) is 1.85. The van der Waals surface area contributed by atoms with Gasteiger partial charge < -0.3 is 4.98 Å². The SMILES string of the molecule is CCSCc1nc2c(nnn2C2CCN(Cc3cnc(C(C)C)nc3)CC2)c(=O)[nH]1. The van der Waals surface area contributed by atoms with Crippen LogP contribution < -0.4 is 5.56 Å². The van der Waals surface area contributed by atoms with Gasteiger partial charge in [0.25, 0.3) is 5.56 Å². The molecule has 0 atom stereocenters. The van der Waals surface area contributed by atoms with Gasteiger partial charge in [0.15, 0.2) is 11.2 Å². The number of likely N-dealkylation sites (tertiary alicyclic amines) is 1. The molecule has 9 nitrogen and oxygen atoms in total. The second-order valence-electron chi connectivity index (χ2n) is 7.97. The van der Waals surface area contributed by atoms with E-state index < -0.39 is 0 Å². The minimum Gasteiger partial charge on any atom is -0.308 e. The van der Waals surface area contributed by atoms with E-state index in [0.29, 0.717) is 28.7 Å². The van der Waals surface area contributed by atoms with Crippen LogP contribution in [-0.4, -0.2) is 58.7 Å². The maximum atomic E-state index is 12.3. The van der Waals surface area contributed by atoms with E-state index in [1.54, 1.807) is 11.8 Å². The number of piperidine rings is 1. The molecule has 4 heterocycles. The molecule has 3 aromatic heterocycles. The van der Waals surface area contributed by atoms with Gasteiger partial charge in [-0.1, -0.05) is 26.0 Å². The fourth-order valence-electron chi connectivity index (χ4n) is 3.72. The number of nitrogens with zero attached hydrogens (tertiary/aromatic N) is 7. The molecule has 0 amide bonds. The zero-order valence-electron chi connectivity index (χ0n) is 17.7. The van der Waals surface area contributed by atoms with Crippen LogP contribution in [0, 0.1) is 0 Å². The van der Waals surface area contributed by atoms with E-state index in [2.05, 4.69) is 55.9 Å². The maximum absolute atomic E-state index is 12.3. The lowest BCUT2D eigenvalue weighted by Crippen LogP contribution is -2.34. The lowest BCUT2D eigenvalue weighted by molar-refractivity contribution is 0.173. The number of H-pyrrole nitrogens is 1. The van der Waals surface area contributed by atoms with Gasteiger partial charge in [0, 0.05) is 43.5 Å². The smallest absolute Gasteiger partial charge is 0.281 e. The van der Waals surface area contributed by atoms with Crippen LogP contribution in [-0.2, 0) is 12.3 Å². The van der Waals surface area contributed by atoms with Gasteiger partial charge in [0.1, 0.15) is 11.6 Å². The first kappa shape index (κ1) is 20.9. The van der Waals surface area contributed by atoms with Crippen molar-refractivity contribution in [1.29, 1.82) is 0 Å². The van der Waals surface area contributed by atoms with Crippen LogP contribution in [0.1, 0.15) is 62.8 Å². The second-order valence-corrected chi connectivity index (χ2v) is 9.24. The Kier molecular flexibility index (Phi) is 6.43. The third-order valence-electron chi connectivity index (χ3n) is 5.38. The van der Waals surface area contributed by atoms with E-state index >= 15 is 0 Å². The highest BCUT2D eigenvalue weighted by atomic mass is 32.2. The van der Waals surface area contributed by atoms with Crippen LogP contribution in [0.3, 0.4) is 0 Å². The number of fused-ring (bicyclic) bond motifs is 1. The molecule has 1 aliphatic heterocycles. The van der Waals surface area contributed by atoms with E-state index in [1.807, 2.05) is 17.1 Å². The topological polar surface area (TPSA) is 105 Å². The molecule has 0 aliphatic carbocycles. The average Bonchev–Trinajstić information content (AvgIpc) is 3.18. The summed E-state index contributed by atoms with van der Waals surface area (Å²) in [4.78, 5) is 31.2. The molecule has 1 fully saturated rings. The molecule has 1 N–H and O–H groups in total. The fraction of sp³-hybridized carbons (Fsp3) is 0.600. The molecule has 160 valence electrons. The Balaban J connectivity index is 1.43. The Labute approximate surface area is 179 Å². The lowest BCUT2D eigenvalue weighted by atomic mass is 10.0. The molecule has 1 aliphatic rings. The van der Waals surface area contributed by atoms with E-state index in [0.717, 1.165) is 49.6 Å². The van der Waals surface area contributed by atoms with Crippen molar-refractivity contribution in [2.24, 2.45) is 0 Å². The summed E-state index contributed by atoms with van der Waals surface area (Å²) < 4.78 is 1.85. The standard InChI is InChI=1S/C20H28N8OS/c1-4-30-12-16-23-19-17(20(29)24-16)25-26-28(19)15-5-7-27(8-6-15)11-14-9-21-18(13(2)3)22-10-14/h9-10,13,15H,4-8,11-12H2,1-3H3,(H,23,24,29). The molecule has 1 saturated heterocycles. The van der Waals surface area contributed by atoms with Gasteiger partial charge in [-0.3, -0.25) is 9.69 Å². The summed E-state index contributed by atoms with van der Waals surface area (Å²) in [6.45, 7) is 9.02. The molecule has 0 radical (unpaired) electrons. The lowest BCUT2D eigenvalue weighted by Gasteiger charge is -2.31. The van der Waals surface area contributed by atoms with Gasteiger partial charge in [0.05, 0.1) is 11.8 Å². The summed E-state index contributed by atoms with van der Waals surface area (Å²) in [5.74, 6) is 3.57. The van der Waals surface area contributed by atoms with Crippen molar-refractivity contribution in [3.63, 3.8) is 0 Å². The van der Waals surface area contributed by atoms with Crippen LogP contribution in [0.2, 0.25) is 0 Å². The number of aromatic nitrogens is 7. The molecular formula is C20H28N8OS. The van der Waals surface area contributed by atoms with Gasteiger partial charge in [-0.05, 0) is 18.6 Å². The fourth-order valence-corrected chi connectivity index (χ4v) is 4.26. The van der Waals surface area contributed by atoms with Crippen LogP contribution in [0.25, 0.3) is 11.2 Å². The average molecular weight is 429 g/mol. The van der Waals surface area contributed by atoms with Crippen molar-refractivity contribution in [3.05, 3.63) is 40.0 Å². The summed E-state index contributed by atoms with van der Waals surface area (Å²) >= 11 is 1.73. The molecule has 0 spiro atoms. The van der Waals surface area contributed by atoms with Crippen LogP contribution in [0.5, 0.6) is 0 Å². The Morgan fingerprint density at radius 2 is 1.97 bits per heavy atom. The summed E-state index contributed by atoms with van der Waals surface area (Å²) in [6.07, 6.45) is 5.75. The molecule has 10 heteroatoms. The van der Waals surface area contributed by atoms with E-state index in [9.17, 15) is 4.79 Å². The van der Waals surface area contributed by atoms with Crippen molar-refractivity contribution in [1.82, 2.24) is 39.8 Å². The van der Waals surface area contributed by atoms with Crippen LogP contribution >= 0.6 is 11.8 Å². The van der Waals surface area contributed by atoms with Crippen molar-refractivity contribution in [2.45, 2.75) is 57.9 Å². The molecule has 0 saturated carbocycles. The highest BCUT2D eigenvalue weighted by molar-refractivity contribution is 7.98. The Morgan fingerprint density at radius 3 is 2.63 bits per heavy atom. The Hall–Kier alpha value is -2.33. The zero-order valence-corrected chi connectivity index (χ0v) is 18.5. The van der Waals surface area contributed by atoms with Gasteiger partial charge in [-0.15, -0.1) is 5.10 Å². The van der Waals surface area contributed by atoms with Crippen LogP contribution in [0.15, 0.2) is 17.2 Å². The third-order valence-corrected chi connectivity index (χ3v) is 6.26. The molecule has 0 aromatic carbocycles. The van der Waals surface area contributed by atoms with E-state index in [1.165, 1.54) is 0 Å². The normalized spacial score (nSPS) is 16.0. The summed E-state index contributed by atoms with van der Waals surface area (Å²) in [7, 11) is 0. The largest absolute Gasteiger partial charge is 0.308 e. The minimum atomic E-state index is -0.208. The number of thioether (sulfide) groups is 1. The van der Waals surface area contributed by atoms with Gasteiger partial charge in [-0.25, -0.2) is 19.6 Å². The number of rotatable bonds is 7. The first-order valence-corrected chi connectivity index (χ1v) is 11.7. The summed E-state index contributed by atoms with van der Waals surface area (Å²) in [6, 6.07) is 0.201. The van der Waals surface area contributed by atoms with Crippen LogP contribution in [0.4, 0.5) is 0 Å². The number of nitrogens with one attached hydrogen (secondary N) is 1. The predicted molar refractivity (Wildman–Crippen MR) is 117 cm³/mol. The Bertz CT molecular complexity index is 1040. The number of hydrogen-bond donors (Lipinski definition) is 1. The molecular weight excluding hydrogens is 400 g/mol. The van der Waals surface area contributed by atoms with Crippen molar-refractivity contribution >= 4 is 22.9 Å². The summed E-state index contributed by atoms with van der Waals surface area (Å²) in [5, 5.41) is 8.37. The highest BCUT2D eigenvalue weighted by Crippen LogP contribution is 2.25. The predicted octanol–water partition coefficient (Wildman–Crippen LogP) is 2.52. The number of hydrogen-bond acceptors (Lipinski definition) is 8. The van der Waals surface area contributed by atoms with Crippen molar-refractivity contribution in [3.8, 4) is 0 Å². The Morgan fingerprint density at radius 1 is 1.23 bits per heavy atom.